The van der Waals surface area contributed by atoms with Crippen molar-refractivity contribution in [3.05, 3.63) is 24.3 Å². The van der Waals surface area contributed by atoms with Gasteiger partial charge in [0.25, 0.3) is 0 Å². The zero-order valence-corrected chi connectivity index (χ0v) is 35.5. The Morgan fingerprint density at radius 3 is 0.962 bits per heavy atom. The third-order valence-corrected chi connectivity index (χ3v) is 10.8. The molecule has 0 heterocycles. The smallest absolute Gasteiger partial charge is 0.0622 e. The topological polar surface area (TPSA) is 54.1 Å². The maximum Gasteiger partial charge on any atom is 0.0622 e. The average Bonchev–Trinajstić information content (AvgIpc) is 3.15. The van der Waals surface area contributed by atoms with Gasteiger partial charge in [0.2, 0.25) is 0 Å². The molecule has 0 spiro atoms. The van der Waals surface area contributed by atoms with Crippen molar-refractivity contribution in [1.29, 1.82) is 10.5 Å². The van der Waals surface area contributed by atoms with Gasteiger partial charge in [-0.15, -0.1) is 0 Å². The minimum absolute atomic E-state index is 0.439. The van der Waals surface area contributed by atoms with Crippen LogP contribution in [0.1, 0.15) is 239 Å². The van der Waals surface area contributed by atoms with E-state index in [1.165, 1.54) is 206 Å². The van der Waals surface area contributed by atoms with Crippen LogP contribution in [0.3, 0.4) is 0 Å². The summed E-state index contributed by atoms with van der Waals surface area (Å²) in [7, 11) is 0. The summed E-state index contributed by atoms with van der Waals surface area (Å²) >= 11 is 0. The summed E-state index contributed by atoms with van der Waals surface area (Å²) in [4.78, 5) is 5.45. The Labute approximate surface area is 327 Å². The molecule has 0 aromatic rings. The predicted octanol–water partition coefficient (Wildman–Crippen LogP) is 15.4. The molecule has 0 fully saturated rings. The molecule has 0 aliphatic heterocycles. The molecule has 0 radical (unpaired) electrons. The highest BCUT2D eigenvalue weighted by molar-refractivity contribution is 4.82. The second kappa shape index (κ2) is 43.8. The van der Waals surface area contributed by atoms with E-state index in [1.807, 2.05) is 0 Å². The van der Waals surface area contributed by atoms with Crippen LogP contribution in [-0.4, -0.2) is 42.1 Å². The van der Waals surface area contributed by atoms with Crippen LogP contribution < -0.4 is 0 Å². The molecule has 0 aromatic heterocycles. The monoisotopic (exact) mass is 723 g/mol. The van der Waals surface area contributed by atoms with Gasteiger partial charge < -0.3 is 0 Å². The first-order valence-electron chi connectivity index (χ1n) is 23.3. The predicted molar refractivity (Wildman–Crippen MR) is 230 cm³/mol. The molecule has 0 bridgehead atoms. The van der Waals surface area contributed by atoms with Gasteiger partial charge in [-0.3, -0.25) is 9.80 Å². The lowest BCUT2D eigenvalue weighted by molar-refractivity contribution is 0.0306. The summed E-state index contributed by atoms with van der Waals surface area (Å²) in [5.41, 5.74) is 0. The normalized spacial score (nSPS) is 12.4. The highest BCUT2D eigenvalue weighted by atomic mass is 15.3. The Bertz CT molecular complexity index is 774. The van der Waals surface area contributed by atoms with Crippen molar-refractivity contribution in [1.82, 2.24) is 9.80 Å². The number of nitrogens with zero attached hydrogens (tertiary/aromatic N) is 4. The van der Waals surface area contributed by atoms with Gasteiger partial charge in [0.05, 0.1) is 18.3 Å². The van der Waals surface area contributed by atoms with Crippen molar-refractivity contribution in [2.24, 2.45) is 0 Å². The minimum Gasteiger partial charge on any atom is -0.288 e. The molecular weight excluding hydrogens is 633 g/mol. The van der Waals surface area contributed by atoms with Gasteiger partial charge in [-0.1, -0.05) is 167 Å². The first kappa shape index (κ1) is 50.4. The van der Waals surface area contributed by atoms with Crippen LogP contribution >= 0.6 is 0 Å². The number of allylic oxidation sites excluding steroid dienone is 4. The van der Waals surface area contributed by atoms with E-state index in [4.69, 9.17) is 0 Å². The first-order chi connectivity index (χ1) is 25.7. The largest absolute Gasteiger partial charge is 0.288 e. The van der Waals surface area contributed by atoms with E-state index in [1.54, 1.807) is 0 Å². The highest BCUT2D eigenvalue weighted by Gasteiger charge is 2.24. The van der Waals surface area contributed by atoms with Gasteiger partial charge in [0, 0.05) is 25.9 Å². The van der Waals surface area contributed by atoms with Crippen molar-refractivity contribution in [2.75, 3.05) is 26.2 Å². The average molecular weight is 723 g/mol. The summed E-state index contributed by atoms with van der Waals surface area (Å²) in [5.74, 6) is 0. The molecule has 52 heavy (non-hydrogen) atoms. The quantitative estimate of drug-likeness (QED) is 0.0358. The lowest BCUT2D eigenvalue weighted by Crippen LogP contribution is -2.50. The van der Waals surface area contributed by atoms with E-state index in [2.05, 4.69) is 67.0 Å². The van der Waals surface area contributed by atoms with Crippen molar-refractivity contribution in [3.8, 4) is 12.1 Å². The first-order valence-corrected chi connectivity index (χ1v) is 23.3. The molecule has 0 saturated carbocycles. The summed E-state index contributed by atoms with van der Waals surface area (Å²) in [6.07, 6.45) is 53.5. The summed E-state index contributed by atoms with van der Waals surface area (Å²) < 4.78 is 0. The Balaban J connectivity index is 4.62. The second-order valence-corrected chi connectivity index (χ2v) is 15.7. The van der Waals surface area contributed by atoms with E-state index in [0.717, 1.165) is 25.9 Å². The van der Waals surface area contributed by atoms with Crippen LogP contribution in [0.2, 0.25) is 0 Å². The Hall–Kier alpha value is -1.62. The lowest BCUT2D eigenvalue weighted by Gasteiger charge is -2.40. The van der Waals surface area contributed by atoms with Crippen LogP contribution in [-0.2, 0) is 0 Å². The highest BCUT2D eigenvalue weighted by Crippen LogP contribution is 2.19. The van der Waals surface area contributed by atoms with Crippen molar-refractivity contribution in [3.63, 3.8) is 0 Å². The molecule has 4 nitrogen and oxygen atoms in total. The zero-order valence-electron chi connectivity index (χ0n) is 35.5. The van der Waals surface area contributed by atoms with Crippen molar-refractivity contribution < 1.29 is 0 Å². The molecule has 0 N–H and O–H groups in total. The van der Waals surface area contributed by atoms with Crippen molar-refractivity contribution >= 4 is 0 Å². The molecule has 0 rings (SSSR count). The van der Waals surface area contributed by atoms with E-state index in [-0.39, 0.29) is 0 Å². The summed E-state index contributed by atoms with van der Waals surface area (Å²) in [6, 6.07) is 4.72. The number of unbranched alkanes of at least 4 members (excludes halogenated alkanes) is 26. The van der Waals surface area contributed by atoms with Gasteiger partial charge in [-0.05, 0) is 96.6 Å². The summed E-state index contributed by atoms with van der Waals surface area (Å²) in [5, 5.41) is 18.5. The number of nitriles is 2. The van der Waals surface area contributed by atoms with Gasteiger partial charge in [-0.2, -0.15) is 10.5 Å². The van der Waals surface area contributed by atoms with Gasteiger partial charge >= 0.3 is 0 Å². The maximum atomic E-state index is 9.23. The Morgan fingerprint density at radius 2 is 0.654 bits per heavy atom. The van der Waals surface area contributed by atoms with Gasteiger partial charge in [-0.25, -0.2) is 0 Å². The molecule has 0 aliphatic rings. The fourth-order valence-electron chi connectivity index (χ4n) is 7.52. The minimum atomic E-state index is 0.439. The van der Waals surface area contributed by atoms with E-state index in [9.17, 15) is 10.5 Å². The second-order valence-electron chi connectivity index (χ2n) is 15.7. The number of hydrogen-bond acceptors (Lipinski definition) is 4. The third-order valence-electron chi connectivity index (χ3n) is 10.8. The zero-order chi connectivity index (χ0) is 37.8. The molecule has 4 heteroatoms. The van der Waals surface area contributed by atoms with Crippen LogP contribution in [0.15, 0.2) is 24.3 Å². The van der Waals surface area contributed by atoms with Crippen LogP contribution in [0, 0.1) is 22.7 Å². The van der Waals surface area contributed by atoms with Crippen LogP contribution in [0.25, 0.3) is 0 Å². The number of hydrogen-bond donors (Lipinski definition) is 0. The lowest BCUT2D eigenvalue weighted by atomic mass is 10.1. The Morgan fingerprint density at radius 1 is 0.365 bits per heavy atom. The molecule has 0 amide bonds. The Kier molecular flexibility index (Phi) is 42.4. The van der Waals surface area contributed by atoms with E-state index < -0.39 is 0 Å². The SMILES string of the molecule is CCCCCCCCC=CCCCCCCCCN(CCCCCCCCC=CCCCCCCCC)C(CCC)N(CCCC#N)CCCC#N. The fourth-order valence-corrected chi connectivity index (χ4v) is 7.52. The molecule has 0 aliphatic carbocycles. The van der Waals surface area contributed by atoms with Crippen LogP contribution in [0.4, 0.5) is 0 Å². The van der Waals surface area contributed by atoms with Crippen LogP contribution in [0.5, 0.6) is 0 Å². The maximum absolute atomic E-state index is 9.23. The molecule has 0 saturated heterocycles. The molecule has 302 valence electrons. The standard InChI is InChI=1S/C48H90N4/c1-4-7-9-11-13-15-17-19-21-23-25-27-29-31-33-37-44-51(48(41-6-3)52(46-39-35-42-49)47-40-36-43-50)45-38-34-32-30-28-26-24-22-20-18-16-14-12-10-8-5-2/h19-22,48H,4-18,23-41,44-47H2,1-3H3. The van der Waals surface area contributed by atoms with E-state index in [0.29, 0.717) is 19.0 Å². The van der Waals surface area contributed by atoms with E-state index >= 15 is 0 Å². The van der Waals surface area contributed by atoms with Crippen molar-refractivity contribution in [2.45, 2.75) is 245 Å². The molecule has 1 atom stereocenters. The summed E-state index contributed by atoms with van der Waals surface area (Å²) in [6.45, 7) is 11.2. The third kappa shape index (κ3) is 35.4. The number of rotatable bonds is 42. The fraction of sp³-hybridized carbons (Fsp3) is 0.875. The molecular formula is C48H90N4. The molecule has 0 aromatic carbocycles. The van der Waals surface area contributed by atoms with Gasteiger partial charge in [0.1, 0.15) is 0 Å². The molecule has 1 unspecified atom stereocenters. The van der Waals surface area contributed by atoms with Gasteiger partial charge in [0.15, 0.2) is 0 Å².